The molecule has 1 heterocycles. The molecule has 0 aromatic heterocycles. The Hall–Kier alpha value is -0.791. The van der Waals surface area contributed by atoms with Crippen molar-refractivity contribution in [2.75, 3.05) is 0 Å². The van der Waals surface area contributed by atoms with Gasteiger partial charge in [0.2, 0.25) is 0 Å². The average molecular weight is 295 g/mol. The van der Waals surface area contributed by atoms with E-state index in [1.807, 2.05) is 6.21 Å². The Morgan fingerprint density at radius 2 is 2.00 bits per heavy atom. The SMILES string of the molecule is O[N+]1=CC[C@H]2CC[C@H]([Se]c3ccccc3)[C@H]1C2. The third-order valence-corrected chi connectivity index (χ3v) is 6.79. The maximum atomic E-state index is 9.96. The normalized spacial score (nSPS) is 32.0. The molecule has 0 saturated heterocycles. The van der Waals surface area contributed by atoms with E-state index in [9.17, 15) is 5.21 Å². The molecule has 1 N–H and O–H groups in total. The summed E-state index contributed by atoms with van der Waals surface area (Å²) in [6.07, 6.45) is 6.88. The summed E-state index contributed by atoms with van der Waals surface area (Å²) in [7, 11) is 0. The van der Waals surface area contributed by atoms with Crippen molar-refractivity contribution in [2.24, 2.45) is 5.92 Å². The number of hydrogen-bond acceptors (Lipinski definition) is 1. The van der Waals surface area contributed by atoms with Crippen LogP contribution < -0.4 is 4.46 Å². The maximum absolute atomic E-state index is 9.96. The average Bonchev–Trinajstić information content (AvgIpc) is 2.38. The second-order valence-electron chi connectivity index (χ2n) is 5.01. The van der Waals surface area contributed by atoms with Gasteiger partial charge in [-0.2, -0.15) is 0 Å². The third kappa shape index (κ3) is 2.41. The van der Waals surface area contributed by atoms with Crippen molar-refractivity contribution >= 4 is 25.6 Å². The summed E-state index contributed by atoms with van der Waals surface area (Å²) in [5.74, 6) is 0.825. The zero-order valence-corrected chi connectivity index (χ0v) is 11.5. The first-order valence-electron chi connectivity index (χ1n) is 6.35. The van der Waals surface area contributed by atoms with Crippen LogP contribution in [-0.4, -0.2) is 37.2 Å². The molecule has 1 aliphatic heterocycles. The van der Waals surface area contributed by atoms with Gasteiger partial charge in [-0.15, -0.1) is 0 Å². The van der Waals surface area contributed by atoms with Crippen molar-refractivity contribution in [3.8, 4) is 0 Å². The van der Waals surface area contributed by atoms with Crippen LogP contribution in [-0.2, 0) is 0 Å². The summed E-state index contributed by atoms with van der Waals surface area (Å²) < 4.78 is 2.97. The van der Waals surface area contributed by atoms with Crippen LogP contribution in [0.25, 0.3) is 0 Å². The van der Waals surface area contributed by atoms with Crippen LogP contribution in [0.1, 0.15) is 25.7 Å². The first kappa shape index (κ1) is 11.3. The van der Waals surface area contributed by atoms with Gasteiger partial charge in [-0.05, 0) is 0 Å². The molecule has 1 fully saturated rings. The summed E-state index contributed by atoms with van der Waals surface area (Å²) in [5, 5.41) is 9.96. The quantitative estimate of drug-likeness (QED) is 0.502. The molecule has 1 aromatic carbocycles. The van der Waals surface area contributed by atoms with Crippen molar-refractivity contribution in [1.82, 2.24) is 0 Å². The Morgan fingerprint density at radius 1 is 1.18 bits per heavy atom. The van der Waals surface area contributed by atoms with E-state index in [0.29, 0.717) is 25.8 Å². The van der Waals surface area contributed by atoms with Gasteiger partial charge in [0.25, 0.3) is 0 Å². The molecular weight excluding hydrogens is 277 g/mol. The van der Waals surface area contributed by atoms with E-state index in [-0.39, 0.29) is 0 Å². The Balaban J connectivity index is 1.75. The zero-order chi connectivity index (χ0) is 11.7. The molecule has 2 bridgehead atoms. The zero-order valence-electron chi connectivity index (χ0n) is 9.83. The van der Waals surface area contributed by atoms with Gasteiger partial charge in [0.15, 0.2) is 0 Å². The van der Waals surface area contributed by atoms with Crippen molar-refractivity contribution in [3.63, 3.8) is 0 Å². The summed E-state index contributed by atoms with van der Waals surface area (Å²) in [6.45, 7) is 0. The van der Waals surface area contributed by atoms with Gasteiger partial charge in [0.1, 0.15) is 0 Å². The van der Waals surface area contributed by atoms with Crippen LogP contribution in [0.5, 0.6) is 0 Å². The van der Waals surface area contributed by atoms with E-state index in [2.05, 4.69) is 30.3 Å². The van der Waals surface area contributed by atoms with Crippen molar-refractivity contribution in [3.05, 3.63) is 30.3 Å². The molecule has 1 saturated carbocycles. The molecule has 0 radical (unpaired) electrons. The van der Waals surface area contributed by atoms with Crippen LogP contribution >= 0.6 is 0 Å². The molecule has 0 unspecified atom stereocenters. The van der Waals surface area contributed by atoms with E-state index < -0.39 is 0 Å². The standard InChI is InChI=1S/C14H18NOSe/c16-15-9-8-11-6-7-14(13(15)10-11)17-12-4-2-1-3-5-12/h1-5,9,11,13-14,16H,6-8,10H2/q+1/t11-,13-,14+/m1/s1. The van der Waals surface area contributed by atoms with Gasteiger partial charge >= 0.3 is 108 Å². The molecular formula is C14H18NOSe+. The summed E-state index contributed by atoms with van der Waals surface area (Å²) in [6, 6.07) is 11.1. The van der Waals surface area contributed by atoms with E-state index in [0.717, 1.165) is 12.3 Å². The molecule has 1 aliphatic carbocycles. The molecule has 3 atom stereocenters. The van der Waals surface area contributed by atoms with E-state index in [1.165, 1.54) is 28.5 Å². The van der Waals surface area contributed by atoms with Crippen LogP contribution in [0.4, 0.5) is 0 Å². The fraction of sp³-hybridized carbons (Fsp3) is 0.500. The van der Waals surface area contributed by atoms with Gasteiger partial charge in [0.05, 0.1) is 0 Å². The minimum atomic E-state index is 0.378. The fourth-order valence-corrected chi connectivity index (χ4v) is 5.65. The van der Waals surface area contributed by atoms with Gasteiger partial charge in [-0.3, -0.25) is 0 Å². The summed E-state index contributed by atoms with van der Waals surface area (Å²) in [5.41, 5.74) is 0. The number of nitrogens with zero attached hydrogens (tertiary/aromatic N) is 1. The second kappa shape index (κ2) is 4.83. The monoisotopic (exact) mass is 296 g/mol. The minimum absolute atomic E-state index is 0.378. The van der Waals surface area contributed by atoms with Crippen LogP contribution in [0.15, 0.2) is 30.3 Å². The molecule has 2 nitrogen and oxygen atoms in total. The molecule has 90 valence electrons. The topological polar surface area (TPSA) is 23.2 Å². The van der Waals surface area contributed by atoms with E-state index in [1.54, 1.807) is 0 Å². The molecule has 1 aromatic rings. The van der Waals surface area contributed by atoms with Gasteiger partial charge in [-0.25, -0.2) is 0 Å². The van der Waals surface area contributed by atoms with Crippen LogP contribution in [0.2, 0.25) is 4.82 Å². The number of fused-ring (bicyclic) bond motifs is 2. The first-order valence-corrected chi connectivity index (χ1v) is 8.20. The molecule has 2 aliphatic rings. The Morgan fingerprint density at radius 3 is 2.82 bits per heavy atom. The van der Waals surface area contributed by atoms with E-state index >= 15 is 0 Å². The second-order valence-corrected chi connectivity index (χ2v) is 7.77. The molecule has 0 amide bonds. The molecule has 3 rings (SSSR count). The number of rotatable bonds is 2. The Labute approximate surface area is 108 Å². The van der Waals surface area contributed by atoms with Gasteiger partial charge in [0, 0.05) is 0 Å². The van der Waals surface area contributed by atoms with Gasteiger partial charge in [-0.1, -0.05) is 0 Å². The molecule has 3 heteroatoms. The number of hydrogen-bond donors (Lipinski definition) is 1. The first-order chi connectivity index (χ1) is 8.33. The van der Waals surface area contributed by atoms with Gasteiger partial charge < -0.3 is 0 Å². The van der Waals surface area contributed by atoms with Crippen LogP contribution in [0.3, 0.4) is 0 Å². The molecule has 17 heavy (non-hydrogen) atoms. The predicted molar refractivity (Wildman–Crippen MR) is 69.4 cm³/mol. The summed E-state index contributed by atoms with van der Waals surface area (Å²) in [4.78, 5) is 0.669. The Kier molecular flexibility index (Phi) is 3.21. The van der Waals surface area contributed by atoms with E-state index in [4.69, 9.17) is 0 Å². The number of hydroxylamine groups is 1. The third-order valence-electron chi connectivity index (χ3n) is 3.86. The Bertz CT molecular complexity index is 417. The fourth-order valence-electron chi connectivity index (χ4n) is 2.90. The summed E-state index contributed by atoms with van der Waals surface area (Å²) >= 11 is 0.489. The number of benzene rings is 1. The van der Waals surface area contributed by atoms with Crippen LogP contribution in [0, 0.1) is 5.92 Å². The predicted octanol–water partition coefficient (Wildman–Crippen LogP) is 1.85. The van der Waals surface area contributed by atoms with Crippen molar-refractivity contribution in [2.45, 2.75) is 36.5 Å². The molecule has 0 spiro atoms. The van der Waals surface area contributed by atoms with Crippen molar-refractivity contribution < 1.29 is 9.95 Å². The van der Waals surface area contributed by atoms with Crippen molar-refractivity contribution in [1.29, 1.82) is 0 Å².